The SMILES string of the molecule is O=C(Nc1ccc(Br)cc1F)N1CC=C(c2c[nH]c3ccccc23)CC1. The predicted molar refractivity (Wildman–Crippen MR) is 106 cm³/mol. The summed E-state index contributed by atoms with van der Waals surface area (Å²) in [6.45, 7) is 1.09. The first-order chi connectivity index (χ1) is 12.6. The van der Waals surface area contributed by atoms with Crippen LogP contribution in [0.25, 0.3) is 16.5 Å². The number of rotatable bonds is 2. The van der Waals surface area contributed by atoms with Crippen LogP contribution in [-0.4, -0.2) is 29.0 Å². The van der Waals surface area contributed by atoms with Crippen molar-refractivity contribution in [2.45, 2.75) is 6.42 Å². The van der Waals surface area contributed by atoms with E-state index < -0.39 is 5.82 Å². The Kier molecular flexibility index (Phi) is 4.51. The zero-order valence-electron chi connectivity index (χ0n) is 13.9. The van der Waals surface area contributed by atoms with E-state index in [9.17, 15) is 9.18 Å². The van der Waals surface area contributed by atoms with Gasteiger partial charge in [-0.2, -0.15) is 0 Å². The van der Waals surface area contributed by atoms with E-state index in [0.717, 1.165) is 11.9 Å². The Morgan fingerprint density at radius 1 is 1.23 bits per heavy atom. The maximum Gasteiger partial charge on any atom is 0.322 e. The molecular formula is C20H17BrFN3O. The second-order valence-electron chi connectivity index (χ2n) is 6.23. The number of H-pyrrole nitrogens is 1. The lowest BCUT2D eigenvalue weighted by molar-refractivity contribution is 0.217. The molecule has 1 aromatic heterocycles. The molecular weight excluding hydrogens is 397 g/mol. The van der Waals surface area contributed by atoms with Gasteiger partial charge in [0.25, 0.3) is 0 Å². The van der Waals surface area contributed by atoms with E-state index >= 15 is 0 Å². The van der Waals surface area contributed by atoms with Crippen LogP contribution in [0.3, 0.4) is 0 Å². The zero-order valence-corrected chi connectivity index (χ0v) is 15.5. The number of anilines is 1. The van der Waals surface area contributed by atoms with Gasteiger partial charge in [-0.15, -0.1) is 0 Å². The van der Waals surface area contributed by atoms with E-state index in [-0.39, 0.29) is 11.7 Å². The van der Waals surface area contributed by atoms with Gasteiger partial charge in [0.15, 0.2) is 0 Å². The monoisotopic (exact) mass is 413 g/mol. The number of aromatic amines is 1. The standard InChI is InChI=1S/C20H17BrFN3O/c21-14-5-6-19(17(22)11-14)24-20(26)25-9-7-13(8-10-25)16-12-23-18-4-2-1-3-15(16)18/h1-7,11-12,23H,8-10H2,(H,24,26). The van der Waals surface area contributed by atoms with Gasteiger partial charge in [0.05, 0.1) is 5.69 Å². The van der Waals surface area contributed by atoms with Crippen molar-refractivity contribution in [3.63, 3.8) is 0 Å². The predicted octanol–water partition coefficient (Wildman–Crippen LogP) is 5.39. The zero-order chi connectivity index (χ0) is 18.1. The van der Waals surface area contributed by atoms with Crippen LogP contribution >= 0.6 is 15.9 Å². The third-order valence-electron chi connectivity index (χ3n) is 4.60. The van der Waals surface area contributed by atoms with Crippen molar-refractivity contribution in [2.24, 2.45) is 0 Å². The molecule has 2 heterocycles. The van der Waals surface area contributed by atoms with Crippen LogP contribution < -0.4 is 5.32 Å². The summed E-state index contributed by atoms with van der Waals surface area (Å²) in [5, 5.41) is 3.83. The van der Waals surface area contributed by atoms with E-state index in [1.807, 2.05) is 18.3 Å². The van der Waals surface area contributed by atoms with Crippen LogP contribution in [-0.2, 0) is 0 Å². The molecule has 4 rings (SSSR count). The molecule has 26 heavy (non-hydrogen) atoms. The third-order valence-corrected chi connectivity index (χ3v) is 5.10. The first-order valence-electron chi connectivity index (χ1n) is 8.38. The molecule has 0 unspecified atom stereocenters. The van der Waals surface area contributed by atoms with Crippen LogP contribution in [0.2, 0.25) is 0 Å². The molecule has 2 amide bonds. The first kappa shape index (κ1) is 16.8. The topological polar surface area (TPSA) is 48.1 Å². The summed E-state index contributed by atoms with van der Waals surface area (Å²) in [5.41, 5.74) is 3.69. The highest BCUT2D eigenvalue weighted by Crippen LogP contribution is 2.29. The van der Waals surface area contributed by atoms with Crippen LogP contribution in [0, 0.1) is 5.82 Å². The third kappa shape index (κ3) is 3.24. The summed E-state index contributed by atoms with van der Waals surface area (Å²) in [5.74, 6) is -0.459. The van der Waals surface area contributed by atoms with E-state index in [4.69, 9.17) is 0 Å². The van der Waals surface area contributed by atoms with E-state index in [1.165, 1.54) is 22.6 Å². The summed E-state index contributed by atoms with van der Waals surface area (Å²) < 4.78 is 14.5. The molecule has 132 valence electrons. The molecule has 3 aromatic rings. The summed E-state index contributed by atoms with van der Waals surface area (Å²) in [4.78, 5) is 17.4. The number of nitrogens with zero attached hydrogens (tertiary/aromatic N) is 1. The van der Waals surface area contributed by atoms with Crippen LogP contribution in [0.4, 0.5) is 14.9 Å². The molecule has 0 fully saturated rings. The Morgan fingerprint density at radius 2 is 2.08 bits per heavy atom. The minimum absolute atomic E-state index is 0.185. The van der Waals surface area contributed by atoms with Gasteiger partial charge >= 0.3 is 6.03 Å². The fourth-order valence-corrected chi connectivity index (χ4v) is 3.55. The molecule has 1 aliphatic rings. The van der Waals surface area contributed by atoms with Gasteiger partial charge in [-0.1, -0.05) is 40.2 Å². The molecule has 6 heteroatoms. The smallest absolute Gasteiger partial charge is 0.322 e. The number of halogens is 2. The van der Waals surface area contributed by atoms with Crippen molar-refractivity contribution in [3.05, 3.63) is 70.6 Å². The van der Waals surface area contributed by atoms with E-state index in [2.05, 4.69) is 44.4 Å². The lowest BCUT2D eigenvalue weighted by atomic mass is 9.99. The van der Waals surface area contributed by atoms with Crippen molar-refractivity contribution in [3.8, 4) is 0 Å². The van der Waals surface area contributed by atoms with Crippen LogP contribution in [0.1, 0.15) is 12.0 Å². The summed E-state index contributed by atoms with van der Waals surface area (Å²) in [6.07, 6.45) is 4.85. The number of carbonyl (C=O) groups is 1. The number of aromatic nitrogens is 1. The average Bonchev–Trinajstić information content (AvgIpc) is 3.08. The fourth-order valence-electron chi connectivity index (χ4n) is 3.22. The molecule has 0 radical (unpaired) electrons. The van der Waals surface area contributed by atoms with Gasteiger partial charge in [0.1, 0.15) is 5.82 Å². The van der Waals surface area contributed by atoms with Crippen LogP contribution in [0.5, 0.6) is 0 Å². The molecule has 0 spiro atoms. The quantitative estimate of drug-likeness (QED) is 0.581. The van der Waals surface area contributed by atoms with Crippen molar-refractivity contribution in [1.82, 2.24) is 9.88 Å². The van der Waals surface area contributed by atoms with Crippen molar-refractivity contribution >= 4 is 44.1 Å². The van der Waals surface area contributed by atoms with E-state index in [1.54, 1.807) is 17.0 Å². The summed E-state index contributed by atoms with van der Waals surface area (Å²) >= 11 is 3.21. The van der Waals surface area contributed by atoms with Gasteiger partial charge in [-0.05, 0) is 36.3 Å². The van der Waals surface area contributed by atoms with Crippen molar-refractivity contribution in [2.75, 3.05) is 18.4 Å². The highest BCUT2D eigenvalue weighted by molar-refractivity contribution is 9.10. The molecule has 0 bridgehead atoms. The Bertz CT molecular complexity index is 1010. The van der Waals surface area contributed by atoms with Gasteiger partial charge in [0.2, 0.25) is 0 Å². The summed E-state index contributed by atoms with van der Waals surface area (Å²) in [7, 11) is 0. The Labute approximate surface area is 158 Å². The number of benzene rings is 2. The second kappa shape index (κ2) is 6.96. The number of fused-ring (bicyclic) bond motifs is 1. The number of carbonyl (C=O) groups excluding carboxylic acids is 1. The lowest BCUT2D eigenvalue weighted by Crippen LogP contribution is -2.38. The Morgan fingerprint density at radius 3 is 2.85 bits per heavy atom. The number of urea groups is 1. The largest absolute Gasteiger partial charge is 0.361 e. The molecule has 1 aliphatic heterocycles. The molecule has 0 saturated carbocycles. The highest BCUT2D eigenvalue weighted by Gasteiger charge is 2.20. The summed E-state index contributed by atoms with van der Waals surface area (Å²) in [6, 6.07) is 12.5. The van der Waals surface area contributed by atoms with Gasteiger partial charge in [-0.3, -0.25) is 0 Å². The van der Waals surface area contributed by atoms with E-state index in [0.29, 0.717) is 17.6 Å². The normalized spacial score (nSPS) is 14.4. The van der Waals surface area contributed by atoms with Gasteiger partial charge < -0.3 is 15.2 Å². The van der Waals surface area contributed by atoms with Gasteiger partial charge in [0, 0.05) is 40.2 Å². The van der Waals surface area contributed by atoms with Crippen molar-refractivity contribution in [1.29, 1.82) is 0 Å². The molecule has 2 N–H and O–H groups in total. The number of para-hydroxylation sites is 1. The second-order valence-corrected chi connectivity index (χ2v) is 7.14. The highest BCUT2D eigenvalue weighted by atomic mass is 79.9. The molecule has 2 aromatic carbocycles. The number of amides is 2. The molecule has 4 nitrogen and oxygen atoms in total. The minimum atomic E-state index is -0.459. The van der Waals surface area contributed by atoms with Crippen molar-refractivity contribution < 1.29 is 9.18 Å². The van der Waals surface area contributed by atoms with Gasteiger partial charge in [-0.25, -0.2) is 9.18 Å². The lowest BCUT2D eigenvalue weighted by Gasteiger charge is -2.26. The van der Waals surface area contributed by atoms with Crippen LogP contribution in [0.15, 0.2) is 59.2 Å². The Hall–Kier alpha value is -2.60. The molecule has 0 aliphatic carbocycles. The Balaban J connectivity index is 1.47. The first-order valence-corrected chi connectivity index (χ1v) is 9.17. The number of hydrogen-bond donors (Lipinski definition) is 2. The molecule has 0 atom stereocenters. The molecule has 0 saturated heterocycles. The maximum absolute atomic E-state index is 13.9. The number of nitrogens with one attached hydrogen (secondary N) is 2. The average molecular weight is 414 g/mol. The number of hydrogen-bond acceptors (Lipinski definition) is 1. The fraction of sp³-hybridized carbons (Fsp3) is 0.150. The maximum atomic E-state index is 13.9. The minimum Gasteiger partial charge on any atom is -0.361 e.